The molecule has 0 radical (unpaired) electrons. The first-order chi connectivity index (χ1) is 9.79. The third-order valence-corrected chi connectivity index (χ3v) is 3.48. The molecule has 0 aliphatic carbocycles. The molecule has 0 unspecified atom stereocenters. The Morgan fingerprint density at radius 1 is 1.24 bits per heavy atom. The van der Waals surface area contributed by atoms with E-state index in [1.165, 1.54) is 0 Å². The zero-order valence-corrected chi connectivity index (χ0v) is 11.8. The number of halogens is 2. The predicted octanol–water partition coefficient (Wildman–Crippen LogP) is 1.00. The molecule has 0 saturated carbocycles. The van der Waals surface area contributed by atoms with E-state index in [0.29, 0.717) is 0 Å². The van der Waals surface area contributed by atoms with E-state index in [-0.39, 0.29) is 28.7 Å². The number of nitrogens with one attached hydrogen (secondary N) is 1. The molecule has 110 valence electrons. The summed E-state index contributed by atoms with van der Waals surface area (Å²) < 4.78 is 0. The second-order valence-electron chi connectivity index (χ2n) is 4.18. The molecule has 1 aliphatic heterocycles. The van der Waals surface area contributed by atoms with Crippen LogP contribution in [-0.4, -0.2) is 40.6 Å². The van der Waals surface area contributed by atoms with E-state index < -0.39 is 28.3 Å². The van der Waals surface area contributed by atoms with Crippen LogP contribution in [0.4, 0.5) is 5.69 Å². The molecule has 21 heavy (non-hydrogen) atoms. The molecule has 0 spiro atoms. The Labute approximate surface area is 127 Å². The van der Waals surface area contributed by atoms with Crippen LogP contribution in [-0.2, 0) is 9.59 Å². The molecule has 10 heteroatoms. The average molecular weight is 332 g/mol. The SMILES string of the molecule is O=C1CN(C(=O)c2cc(Cl)c(Cl)c([N+](=O)[O-])c2)CC(=O)N1. The van der Waals surface area contributed by atoms with Crippen molar-refractivity contribution in [1.29, 1.82) is 0 Å². The maximum atomic E-state index is 12.2. The van der Waals surface area contributed by atoms with Gasteiger partial charge >= 0.3 is 0 Å². The highest BCUT2D eigenvalue weighted by molar-refractivity contribution is 6.43. The van der Waals surface area contributed by atoms with Crippen LogP contribution in [0.15, 0.2) is 12.1 Å². The van der Waals surface area contributed by atoms with Crippen LogP contribution in [0.3, 0.4) is 0 Å². The first kappa shape index (κ1) is 15.2. The van der Waals surface area contributed by atoms with Gasteiger partial charge < -0.3 is 4.90 Å². The number of nitrogens with zero attached hydrogens (tertiary/aromatic N) is 2. The highest BCUT2D eigenvalue weighted by atomic mass is 35.5. The lowest BCUT2D eigenvalue weighted by molar-refractivity contribution is -0.384. The van der Waals surface area contributed by atoms with Gasteiger partial charge in [0.15, 0.2) is 0 Å². The Balaban J connectivity index is 2.37. The zero-order chi connectivity index (χ0) is 15.7. The minimum absolute atomic E-state index is 0.126. The maximum Gasteiger partial charge on any atom is 0.290 e. The molecule has 1 aliphatic rings. The van der Waals surface area contributed by atoms with Gasteiger partial charge in [-0.1, -0.05) is 23.2 Å². The summed E-state index contributed by atoms with van der Waals surface area (Å²) in [5, 5.41) is 12.4. The fraction of sp³-hybridized carbons (Fsp3) is 0.182. The number of hydrogen-bond acceptors (Lipinski definition) is 5. The molecule has 3 amide bonds. The lowest BCUT2D eigenvalue weighted by Gasteiger charge is -2.25. The molecule has 1 aromatic carbocycles. The molecule has 1 saturated heterocycles. The van der Waals surface area contributed by atoms with Crippen molar-refractivity contribution >= 4 is 46.6 Å². The van der Waals surface area contributed by atoms with Crippen LogP contribution in [0, 0.1) is 10.1 Å². The number of nitro benzene ring substituents is 1. The number of carbonyl (C=O) groups is 3. The smallest absolute Gasteiger partial charge is 0.290 e. The summed E-state index contributed by atoms with van der Waals surface area (Å²) in [6.45, 7) is -0.642. The van der Waals surface area contributed by atoms with Gasteiger partial charge in [0.1, 0.15) is 18.1 Å². The summed E-state index contributed by atoms with van der Waals surface area (Å²) in [7, 11) is 0. The van der Waals surface area contributed by atoms with Crippen LogP contribution < -0.4 is 5.32 Å². The van der Waals surface area contributed by atoms with Crippen LogP contribution in [0.1, 0.15) is 10.4 Å². The molecule has 0 bridgehead atoms. The first-order valence-corrected chi connectivity index (χ1v) is 6.30. The van der Waals surface area contributed by atoms with Gasteiger partial charge in [0.05, 0.1) is 9.95 Å². The number of amides is 3. The van der Waals surface area contributed by atoms with E-state index in [0.717, 1.165) is 17.0 Å². The van der Waals surface area contributed by atoms with E-state index in [1.54, 1.807) is 0 Å². The zero-order valence-electron chi connectivity index (χ0n) is 10.3. The van der Waals surface area contributed by atoms with Crippen molar-refractivity contribution in [3.05, 3.63) is 37.9 Å². The van der Waals surface area contributed by atoms with Crippen molar-refractivity contribution in [2.24, 2.45) is 0 Å². The molecule has 0 atom stereocenters. The molecule has 1 aromatic rings. The summed E-state index contributed by atoms with van der Waals surface area (Å²) in [6, 6.07) is 2.10. The number of benzene rings is 1. The predicted molar refractivity (Wildman–Crippen MR) is 72.2 cm³/mol. The number of imide groups is 1. The van der Waals surface area contributed by atoms with Gasteiger partial charge in [-0.25, -0.2) is 0 Å². The van der Waals surface area contributed by atoms with Crippen molar-refractivity contribution < 1.29 is 19.3 Å². The second-order valence-corrected chi connectivity index (χ2v) is 4.97. The Kier molecular flexibility index (Phi) is 4.10. The van der Waals surface area contributed by atoms with E-state index in [9.17, 15) is 24.5 Å². The Hall–Kier alpha value is -2.19. The summed E-state index contributed by atoms with van der Waals surface area (Å²) in [5.74, 6) is -1.98. The minimum atomic E-state index is -0.779. The van der Waals surface area contributed by atoms with E-state index in [2.05, 4.69) is 0 Å². The van der Waals surface area contributed by atoms with Crippen molar-refractivity contribution in [1.82, 2.24) is 10.2 Å². The summed E-state index contributed by atoms with van der Waals surface area (Å²) in [6.07, 6.45) is 0. The number of piperazine rings is 1. The average Bonchev–Trinajstić information content (AvgIpc) is 2.39. The summed E-state index contributed by atoms with van der Waals surface area (Å²) >= 11 is 11.4. The van der Waals surface area contributed by atoms with Gasteiger partial charge in [0.2, 0.25) is 11.8 Å². The minimum Gasteiger partial charge on any atom is -0.320 e. The van der Waals surface area contributed by atoms with Gasteiger partial charge in [-0.2, -0.15) is 0 Å². The lowest BCUT2D eigenvalue weighted by Crippen LogP contribution is -2.53. The van der Waals surface area contributed by atoms with Gasteiger partial charge in [0, 0.05) is 11.6 Å². The third kappa shape index (κ3) is 3.11. The first-order valence-electron chi connectivity index (χ1n) is 5.55. The van der Waals surface area contributed by atoms with Gasteiger partial charge in [-0.05, 0) is 6.07 Å². The maximum absolute atomic E-state index is 12.2. The quantitative estimate of drug-likeness (QED) is 0.494. The number of rotatable bonds is 2. The highest BCUT2D eigenvalue weighted by Crippen LogP contribution is 2.33. The molecule has 1 N–H and O–H groups in total. The Bertz CT molecular complexity index is 660. The molecular weight excluding hydrogens is 325 g/mol. The van der Waals surface area contributed by atoms with Crippen molar-refractivity contribution in [3.63, 3.8) is 0 Å². The fourth-order valence-electron chi connectivity index (χ4n) is 1.79. The Morgan fingerprint density at radius 2 is 1.81 bits per heavy atom. The second kappa shape index (κ2) is 5.66. The van der Waals surface area contributed by atoms with Crippen LogP contribution in [0.5, 0.6) is 0 Å². The topological polar surface area (TPSA) is 110 Å². The molecule has 1 fully saturated rings. The molecular formula is C11H7Cl2N3O5. The number of nitro groups is 1. The molecule has 2 rings (SSSR count). The third-order valence-electron chi connectivity index (χ3n) is 2.69. The van der Waals surface area contributed by atoms with Gasteiger partial charge in [0.25, 0.3) is 11.6 Å². The van der Waals surface area contributed by atoms with E-state index in [1.807, 2.05) is 5.32 Å². The monoisotopic (exact) mass is 331 g/mol. The van der Waals surface area contributed by atoms with E-state index >= 15 is 0 Å². The number of hydrogen-bond donors (Lipinski definition) is 1. The van der Waals surface area contributed by atoms with Crippen molar-refractivity contribution in [2.45, 2.75) is 0 Å². The highest BCUT2D eigenvalue weighted by Gasteiger charge is 2.29. The summed E-state index contributed by atoms with van der Waals surface area (Å²) in [4.78, 5) is 45.7. The van der Waals surface area contributed by atoms with Gasteiger partial charge in [-0.15, -0.1) is 0 Å². The standard InChI is InChI=1S/C11H7Cl2N3O5/c12-6-1-5(2-7(10(6)13)16(20)21)11(19)15-3-8(17)14-9(18)4-15/h1-2H,3-4H2,(H,14,17,18). The molecule has 0 aromatic heterocycles. The fourth-order valence-corrected chi connectivity index (χ4v) is 2.19. The van der Waals surface area contributed by atoms with E-state index in [4.69, 9.17) is 23.2 Å². The molecule has 1 heterocycles. The largest absolute Gasteiger partial charge is 0.320 e. The molecule has 8 nitrogen and oxygen atoms in total. The van der Waals surface area contributed by atoms with Crippen LogP contribution in [0.2, 0.25) is 10.0 Å². The van der Waals surface area contributed by atoms with Crippen molar-refractivity contribution in [2.75, 3.05) is 13.1 Å². The summed E-state index contributed by atoms with van der Waals surface area (Å²) in [5.41, 5.74) is -0.654. The van der Waals surface area contributed by atoms with Crippen molar-refractivity contribution in [3.8, 4) is 0 Å². The lowest BCUT2D eigenvalue weighted by atomic mass is 10.1. The number of carbonyl (C=O) groups excluding carboxylic acids is 3. The normalized spacial score (nSPS) is 14.9. The van der Waals surface area contributed by atoms with Crippen LogP contribution in [0.25, 0.3) is 0 Å². The van der Waals surface area contributed by atoms with Crippen LogP contribution >= 0.6 is 23.2 Å². The Morgan fingerprint density at radius 3 is 2.33 bits per heavy atom. The van der Waals surface area contributed by atoms with Gasteiger partial charge in [-0.3, -0.25) is 29.8 Å².